The fraction of sp³-hybridized carbons (Fsp3) is 0.462. The number of nitrogens with two attached hydrogens (primary N) is 1. The highest BCUT2D eigenvalue weighted by molar-refractivity contribution is 5.85. The molecule has 18 heavy (non-hydrogen) atoms. The lowest BCUT2D eigenvalue weighted by Gasteiger charge is -2.25. The van der Waals surface area contributed by atoms with Gasteiger partial charge in [-0.15, -0.1) is 12.4 Å². The van der Waals surface area contributed by atoms with Gasteiger partial charge in [-0.25, -0.2) is 0 Å². The van der Waals surface area contributed by atoms with Gasteiger partial charge in [-0.3, -0.25) is 4.79 Å². The molecule has 1 aromatic rings. The van der Waals surface area contributed by atoms with E-state index >= 15 is 0 Å². The zero-order chi connectivity index (χ0) is 12.3. The Kier molecular flexibility index (Phi) is 5.28. The second-order valence-corrected chi connectivity index (χ2v) is 4.15. The van der Waals surface area contributed by atoms with Crippen LogP contribution in [0.25, 0.3) is 0 Å². The summed E-state index contributed by atoms with van der Waals surface area (Å²) in [7, 11) is 0. The van der Waals surface area contributed by atoms with Crippen molar-refractivity contribution >= 4 is 24.1 Å². The molecule has 0 saturated heterocycles. The van der Waals surface area contributed by atoms with Gasteiger partial charge >= 0.3 is 5.97 Å². The molecular weight excluding hydrogens is 254 g/mol. The van der Waals surface area contributed by atoms with Gasteiger partial charge in [-0.2, -0.15) is 0 Å². The summed E-state index contributed by atoms with van der Waals surface area (Å²) < 4.78 is 10.7. The summed E-state index contributed by atoms with van der Waals surface area (Å²) in [4.78, 5) is 11.4. The Balaban J connectivity index is 0.00000162. The second kappa shape index (κ2) is 6.50. The molecule has 2 rings (SSSR count). The number of hydrogen-bond acceptors (Lipinski definition) is 4. The Morgan fingerprint density at radius 1 is 1.56 bits per heavy atom. The van der Waals surface area contributed by atoms with Crippen LogP contribution in [-0.4, -0.2) is 18.7 Å². The van der Waals surface area contributed by atoms with Crippen LogP contribution in [0.4, 0.5) is 5.69 Å². The predicted octanol–water partition coefficient (Wildman–Crippen LogP) is 2.34. The van der Waals surface area contributed by atoms with Crippen LogP contribution < -0.4 is 10.5 Å². The standard InChI is InChI=1S/C13H17NO3.ClH/c1-2-16-13(15)8-11-5-3-9-7-10(14)4-6-12(9)17-11;/h4,6-7,11H,2-3,5,8,14H2,1H3;1H. The third-order valence-electron chi connectivity index (χ3n) is 2.81. The summed E-state index contributed by atoms with van der Waals surface area (Å²) in [5, 5.41) is 0. The fourth-order valence-corrected chi connectivity index (χ4v) is 2.01. The van der Waals surface area contributed by atoms with E-state index in [1.165, 1.54) is 0 Å². The van der Waals surface area contributed by atoms with Crippen molar-refractivity contribution in [1.29, 1.82) is 0 Å². The molecule has 4 nitrogen and oxygen atoms in total. The number of halogens is 1. The number of carbonyl (C=O) groups excluding carboxylic acids is 1. The average Bonchev–Trinajstić information content (AvgIpc) is 2.29. The van der Waals surface area contributed by atoms with E-state index < -0.39 is 0 Å². The van der Waals surface area contributed by atoms with Gasteiger partial charge in [-0.1, -0.05) is 0 Å². The Morgan fingerprint density at radius 3 is 3.06 bits per heavy atom. The van der Waals surface area contributed by atoms with Crippen molar-refractivity contribution in [3.63, 3.8) is 0 Å². The summed E-state index contributed by atoms with van der Waals surface area (Å²) in [5.74, 6) is 0.635. The predicted molar refractivity (Wildman–Crippen MR) is 72.1 cm³/mol. The van der Waals surface area contributed by atoms with Crippen molar-refractivity contribution < 1.29 is 14.3 Å². The van der Waals surface area contributed by atoms with E-state index in [-0.39, 0.29) is 24.5 Å². The molecule has 1 aromatic carbocycles. The van der Waals surface area contributed by atoms with Crippen LogP contribution in [-0.2, 0) is 16.0 Å². The lowest BCUT2D eigenvalue weighted by molar-refractivity contribution is -0.145. The van der Waals surface area contributed by atoms with E-state index in [0.717, 1.165) is 29.8 Å². The smallest absolute Gasteiger partial charge is 0.309 e. The Morgan fingerprint density at radius 2 is 2.33 bits per heavy atom. The minimum Gasteiger partial charge on any atom is -0.490 e. The number of ether oxygens (including phenoxy) is 2. The molecule has 5 heteroatoms. The molecule has 0 bridgehead atoms. The molecule has 0 amide bonds. The number of carbonyl (C=O) groups is 1. The van der Waals surface area contributed by atoms with Crippen molar-refractivity contribution in [1.82, 2.24) is 0 Å². The summed E-state index contributed by atoms with van der Waals surface area (Å²) >= 11 is 0. The van der Waals surface area contributed by atoms with E-state index in [9.17, 15) is 4.79 Å². The monoisotopic (exact) mass is 271 g/mol. The van der Waals surface area contributed by atoms with Gasteiger partial charge in [-0.05, 0) is 43.5 Å². The zero-order valence-corrected chi connectivity index (χ0v) is 11.2. The molecule has 2 N–H and O–H groups in total. The molecule has 100 valence electrons. The van der Waals surface area contributed by atoms with Crippen molar-refractivity contribution in [2.45, 2.75) is 32.3 Å². The Bertz CT molecular complexity index is 423. The number of nitrogen functional groups attached to an aromatic ring is 1. The molecule has 0 saturated carbocycles. The number of aryl methyl sites for hydroxylation is 1. The molecule has 0 radical (unpaired) electrons. The minimum absolute atomic E-state index is 0. The highest BCUT2D eigenvalue weighted by atomic mass is 35.5. The lowest BCUT2D eigenvalue weighted by atomic mass is 10.00. The molecular formula is C13H18ClNO3. The van der Waals surface area contributed by atoms with E-state index in [4.69, 9.17) is 15.2 Å². The van der Waals surface area contributed by atoms with Gasteiger partial charge < -0.3 is 15.2 Å². The number of benzene rings is 1. The number of fused-ring (bicyclic) bond motifs is 1. The van der Waals surface area contributed by atoms with E-state index in [1.54, 1.807) is 6.92 Å². The molecule has 1 heterocycles. The van der Waals surface area contributed by atoms with Crippen LogP contribution >= 0.6 is 12.4 Å². The first-order chi connectivity index (χ1) is 8.19. The van der Waals surface area contributed by atoms with Gasteiger partial charge in [0.05, 0.1) is 13.0 Å². The molecule has 0 aliphatic carbocycles. The molecule has 0 spiro atoms. The largest absolute Gasteiger partial charge is 0.490 e. The summed E-state index contributed by atoms with van der Waals surface area (Å²) in [6.45, 7) is 2.22. The van der Waals surface area contributed by atoms with Crippen LogP contribution in [0.5, 0.6) is 5.75 Å². The molecule has 1 atom stereocenters. The number of esters is 1. The maximum Gasteiger partial charge on any atom is 0.309 e. The summed E-state index contributed by atoms with van der Waals surface area (Å²) in [6.07, 6.45) is 1.96. The number of hydrogen-bond donors (Lipinski definition) is 1. The third-order valence-corrected chi connectivity index (χ3v) is 2.81. The SMILES string of the molecule is CCOC(=O)CC1CCc2cc(N)ccc2O1.Cl. The van der Waals surface area contributed by atoms with Gasteiger partial charge in [0, 0.05) is 5.69 Å². The highest BCUT2D eigenvalue weighted by Gasteiger charge is 2.22. The van der Waals surface area contributed by atoms with Crippen LogP contribution in [0.1, 0.15) is 25.3 Å². The van der Waals surface area contributed by atoms with Gasteiger partial charge in [0.2, 0.25) is 0 Å². The van der Waals surface area contributed by atoms with E-state index in [0.29, 0.717) is 13.0 Å². The zero-order valence-electron chi connectivity index (χ0n) is 10.3. The number of rotatable bonds is 3. The maximum atomic E-state index is 11.4. The summed E-state index contributed by atoms with van der Waals surface area (Å²) in [6, 6.07) is 5.60. The first kappa shape index (κ1) is 14.6. The summed E-state index contributed by atoms with van der Waals surface area (Å²) in [5.41, 5.74) is 7.57. The van der Waals surface area contributed by atoms with Crippen molar-refractivity contribution in [2.75, 3.05) is 12.3 Å². The first-order valence-electron chi connectivity index (χ1n) is 5.89. The van der Waals surface area contributed by atoms with Crippen LogP contribution in [0, 0.1) is 0 Å². The maximum absolute atomic E-state index is 11.4. The van der Waals surface area contributed by atoms with Gasteiger partial charge in [0.25, 0.3) is 0 Å². The van der Waals surface area contributed by atoms with E-state index in [1.807, 2.05) is 18.2 Å². The normalized spacial score (nSPS) is 17.1. The molecule has 1 unspecified atom stereocenters. The molecule has 1 aliphatic rings. The van der Waals surface area contributed by atoms with Gasteiger partial charge in [0.15, 0.2) is 0 Å². The van der Waals surface area contributed by atoms with Crippen molar-refractivity contribution in [2.24, 2.45) is 0 Å². The first-order valence-corrected chi connectivity index (χ1v) is 5.89. The van der Waals surface area contributed by atoms with E-state index in [2.05, 4.69) is 0 Å². The Hall–Kier alpha value is -1.42. The minimum atomic E-state index is -0.198. The average molecular weight is 272 g/mol. The Labute approximate surface area is 113 Å². The fourth-order valence-electron chi connectivity index (χ4n) is 2.01. The number of anilines is 1. The van der Waals surface area contributed by atoms with Crippen LogP contribution in [0.3, 0.4) is 0 Å². The van der Waals surface area contributed by atoms with Crippen LogP contribution in [0.2, 0.25) is 0 Å². The highest BCUT2D eigenvalue weighted by Crippen LogP contribution is 2.30. The van der Waals surface area contributed by atoms with Gasteiger partial charge in [0.1, 0.15) is 11.9 Å². The second-order valence-electron chi connectivity index (χ2n) is 4.15. The third kappa shape index (κ3) is 3.53. The lowest BCUT2D eigenvalue weighted by Crippen LogP contribution is -2.26. The van der Waals surface area contributed by atoms with Crippen molar-refractivity contribution in [3.05, 3.63) is 23.8 Å². The topological polar surface area (TPSA) is 61.5 Å². The quantitative estimate of drug-likeness (QED) is 0.677. The van der Waals surface area contributed by atoms with Crippen molar-refractivity contribution in [3.8, 4) is 5.75 Å². The molecule has 1 aliphatic heterocycles. The molecule has 0 aromatic heterocycles. The molecule has 0 fully saturated rings. The van der Waals surface area contributed by atoms with Crippen LogP contribution in [0.15, 0.2) is 18.2 Å².